The molecule has 1 atom stereocenters. The topological polar surface area (TPSA) is 29.9 Å². The molecular formula is C18H20F3N3S. The van der Waals surface area contributed by atoms with E-state index >= 15 is 0 Å². The van der Waals surface area contributed by atoms with Gasteiger partial charge >= 0.3 is 6.18 Å². The molecule has 25 heavy (non-hydrogen) atoms. The van der Waals surface area contributed by atoms with Crippen LogP contribution in [0.3, 0.4) is 0 Å². The summed E-state index contributed by atoms with van der Waals surface area (Å²) in [7, 11) is 0. The Morgan fingerprint density at radius 1 is 1.36 bits per heavy atom. The molecule has 2 heterocycles. The lowest BCUT2D eigenvalue weighted by atomic mass is 9.99. The highest BCUT2D eigenvalue weighted by molar-refractivity contribution is 7.98. The van der Waals surface area contributed by atoms with Gasteiger partial charge in [0.2, 0.25) is 0 Å². The van der Waals surface area contributed by atoms with Gasteiger partial charge in [0.1, 0.15) is 0 Å². The SMILES string of the molecule is C=Cc1nc(SC)n2c1C(CCc1ccc(C(F)(F)F)cc1)NCC2. The van der Waals surface area contributed by atoms with E-state index in [2.05, 4.69) is 21.4 Å². The lowest BCUT2D eigenvalue weighted by Gasteiger charge is -2.27. The number of alkyl halides is 3. The van der Waals surface area contributed by atoms with Crippen LogP contribution in [0.25, 0.3) is 6.08 Å². The Balaban J connectivity index is 1.75. The first-order valence-corrected chi connectivity index (χ1v) is 9.33. The largest absolute Gasteiger partial charge is 0.416 e. The van der Waals surface area contributed by atoms with E-state index in [1.54, 1.807) is 30.0 Å². The van der Waals surface area contributed by atoms with Gasteiger partial charge in [0, 0.05) is 13.1 Å². The molecule has 7 heteroatoms. The minimum absolute atomic E-state index is 0.123. The molecule has 0 bridgehead atoms. The summed E-state index contributed by atoms with van der Waals surface area (Å²) < 4.78 is 40.2. The normalized spacial score (nSPS) is 17.4. The van der Waals surface area contributed by atoms with Crippen LogP contribution >= 0.6 is 11.8 Å². The van der Waals surface area contributed by atoms with E-state index < -0.39 is 11.7 Å². The summed E-state index contributed by atoms with van der Waals surface area (Å²) in [4.78, 5) is 4.62. The van der Waals surface area contributed by atoms with Gasteiger partial charge in [0.15, 0.2) is 5.16 Å². The van der Waals surface area contributed by atoms with E-state index in [0.717, 1.165) is 53.8 Å². The summed E-state index contributed by atoms with van der Waals surface area (Å²) >= 11 is 1.61. The minimum Gasteiger partial charge on any atom is -0.320 e. The van der Waals surface area contributed by atoms with E-state index in [0.29, 0.717) is 6.42 Å². The Morgan fingerprint density at radius 3 is 2.68 bits per heavy atom. The lowest BCUT2D eigenvalue weighted by Crippen LogP contribution is -2.34. The van der Waals surface area contributed by atoms with Gasteiger partial charge < -0.3 is 9.88 Å². The van der Waals surface area contributed by atoms with Crippen molar-refractivity contribution in [2.75, 3.05) is 12.8 Å². The standard InChI is InChI=1S/C18H20F3N3S/c1-3-14-16-15(22-10-11-24(16)17(23-14)25-2)9-6-12-4-7-13(8-5-12)18(19,20)21/h3-5,7-8,15,22H,1,6,9-11H2,2H3. The van der Waals surface area contributed by atoms with Gasteiger partial charge in [-0.1, -0.05) is 30.5 Å². The maximum atomic E-state index is 12.6. The number of hydrogen-bond donors (Lipinski definition) is 1. The molecule has 1 unspecified atom stereocenters. The Kier molecular flexibility index (Phi) is 5.24. The fraction of sp³-hybridized carbons (Fsp3) is 0.389. The molecule has 1 aromatic carbocycles. The van der Waals surface area contributed by atoms with Crippen molar-refractivity contribution in [1.82, 2.24) is 14.9 Å². The first-order chi connectivity index (χ1) is 11.9. The van der Waals surface area contributed by atoms with Gasteiger partial charge in [-0.25, -0.2) is 4.98 Å². The molecule has 0 aliphatic carbocycles. The second kappa shape index (κ2) is 7.25. The van der Waals surface area contributed by atoms with Crippen molar-refractivity contribution in [1.29, 1.82) is 0 Å². The second-order valence-electron chi connectivity index (χ2n) is 5.96. The number of fused-ring (bicyclic) bond motifs is 1. The van der Waals surface area contributed by atoms with E-state index in [9.17, 15) is 13.2 Å². The molecule has 0 fully saturated rings. The zero-order valence-corrected chi connectivity index (χ0v) is 14.8. The number of hydrogen-bond acceptors (Lipinski definition) is 3. The van der Waals surface area contributed by atoms with Crippen LogP contribution in [0.1, 0.15) is 35.0 Å². The molecule has 0 spiro atoms. The maximum absolute atomic E-state index is 12.6. The third-order valence-corrected chi connectivity index (χ3v) is 5.11. The molecule has 0 amide bonds. The maximum Gasteiger partial charge on any atom is 0.416 e. The molecule has 3 rings (SSSR count). The number of thioether (sulfide) groups is 1. The predicted octanol–water partition coefficient (Wildman–Crippen LogP) is 4.54. The van der Waals surface area contributed by atoms with Crippen molar-refractivity contribution < 1.29 is 13.2 Å². The molecule has 0 radical (unpaired) electrons. The lowest BCUT2D eigenvalue weighted by molar-refractivity contribution is -0.137. The van der Waals surface area contributed by atoms with Crippen LogP contribution in [0.5, 0.6) is 0 Å². The van der Waals surface area contributed by atoms with Gasteiger partial charge in [0.05, 0.1) is 23.0 Å². The number of aryl methyl sites for hydroxylation is 1. The number of benzene rings is 1. The third kappa shape index (κ3) is 3.77. The van der Waals surface area contributed by atoms with Gasteiger partial charge in [-0.2, -0.15) is 13.2 Å². The molecule has 134 valence electrons. The summed E-state index contributed by atoms with van der Waals surface area (Å²) in [6.45, 7) is 5.57. The van der Waals surface area contributed by atoms with E-state index in [1.165, 1.54) is 0 Å². The fourth-order valence-corrected chi connectivity index (χ4v) is 3.81. The second-order valence-corrected chi connectivity index (χ2v) is 6.74. The van der Waals surface area contributed by atoms with Crippen molar-refractivity contribution in [2.45, 2.75) is 36.8 Å². The smallest absolute Gasteiger partial charge is 0.320 e. The zero-order chi connectivity index (χ0) is 18.0. The van der Waals surface area contributed by atoms with E-state index in [1.807, 2.05) is 6.26 Å². The highest BCUT2D eigenvalue weighted by Crippen LogP contribution is 2.32. The molecule has 0 saturated carbocycles. The van der Waals surface area contributed by atoms with Crippen molar-refractivity contribution >= 4 is 17.8 Å². The first-order valence-electron chi connectivity index (χ1n) is 8.10. The zero-order valence-electron chi connectivity index (χ0n) is 13.9. The van der Waals surface area contributed by atoms with Gasteiger partial charge in [-0.15, -0.1) is 0 Å². The molecular weight excluding hydrogens is 347 g/mol. The Labute approximate surface area is 149 Å². The summed E-state index contributed by atoms with van der Waals surface area (Å²) in [5, 5.41) is 4.47. The van der Waals surface area contributed by atoms with Crippen molar-refractivity contribution in [3.63, 3.8) is 0 Å². The Hall–Kier alpha value is -1.73. The van der Waals surface area contributed by atoms with E-state index in [4.69, 9.17) is 0 Å². The predicted molar refractivity (Wildman–Crippen MR) is 94.6 cm³/mol. The third-order valence-electron chi connectivity index (χ3n) is 4.44. The van der Waals surface area contributed by atoms with Crippen LogP contribution in [-0.2, 0) is 19.1 Å². The highest BCUT2D eigenvalue weighted by Gasteiger charge is 2.30. The van der Waals surface area contributed by atoms with Crippen molar-refractivity contribution in [3.05, 3.63) is 53.4 Å². The van der Waals surface area contributed by atoms with Crippen LogP contribution in [0.15, 0.2) is 36.0 Å². The van der Waals surface area contributed by atoms with Gasteiger partial charge in [-0.3, -0.25) is 0 Å². The number of nitrogens with one attached hydrogen (secondary N) is 1. The number of halogens is 3. The number of rotatable bonds is 5. The van der Waals surface area contributed by atoms with E-state index in [-0.39, 0.29) is 6.04 Å². The summed E-state index contributed by atoms with van der Waals surface area (Å²) in [5.74, 6) is 0. The number of aromatic nitrogens is 2. The molecule has 2 aromatic rings. The average Bonchev–Trinajstić information content (AvgIpc) is 2.98. The average molecular weight is 367 g/mol. The van der Waals surface area contributed by atoms with Crippen molar-refractivity contribution in [3.8, 4) is 0 Å². The van der Waals surface area contributed by atoms with Crippen LogP contribution in [0.2, 0.25) is 0 Å². The van der Waals surface area contributed by atoms with Gasteiger partial charge in [-0.05, 0) is 42.9 Å². The number of nitrogens with zero attached hydrogens (tertiary/aromatic N) is 2. The molecule has 0 saturated heterocycles. The van der Waals surface area contributed by atoms with Gasteiger partial charge in [0.25, 0.3) is 0 Å². The Morgan fingerprint density at radius 2 is 2.08 bits per heavy atom. The summed E-state index contributed by atoms with van der Waals surface area (Å²) in [6.07, 6.45) is 0.979. The molecule has 3 nitrogen and oxygen atoms in total. The van der Waals surface area contributed by atoms with Crippen LogP contribution in [0, 0.1) is 0 Å². The molecule has 1 aliphatic rings. The fourth-order valence-electron chi connectivity index (χ4n) is 3.21. The monoisotopic (exact) mass is 367 g/mol. The Bertz CT molecular complexity index is 750. The minimum atomic E-state index is -4.29. The van der Waals surface area contributed by atoms with Crippen LogP contribution in [-0.4, -0.2) is 22.4 Å². The quantitative estimate of drug-likeness (QED) is 0.787. The molecule has 1 aliphatic heterocycles. The number of imidazole rings is 1. The first kappa shape index (κ1) is 18.1. The highest BCUT2D eigenvalue weighted by atomic mass is 32.2. The van der Waals surface area contributed by atoms with Crippen LogP contribution < -0.4 is 5.32 Å². The summed E-state index contributed by atoms with van der Waals surface area (Å²) in [6, 6.07) is 5.54. The van der Waals surface area contributed by atoms with Crippen molar-refractivity contribution in [2.24, 2.45) is 0 Å². The molecule has 1 N–H and O–H groups in total. The van der Waals surface area contributed by atoms with Crippen LogP contribution in [0.4, 0.5) is 13.2 Å². The molecule has 1 aromatic heterocycles. The summed E-state index contributed by atoms with van der Waals surface area (Å²) in [5.41, 5.74) is 2.30.